The van der Waals surface area contributed by atoms with Crippen LogP contribution in [0.15, 0.2) is 35.2 Å². The van der Waals surface area contributed by atoms with Crippen LogP contribution in [0.1, 0.15) is 37.7 Å². The van der Waals surface area contributed by atoms with E-state index in [2.05, 4.69) is 0 Å². The third-order valence-corrected chi connectivity index (χ3v) is 8.42. The highest BCUT2D eigenvalue weighted by Crippen LogP contribution is 2.36. The maximum atomic E-state index is 12.7. The lowest BCUT2D eigenvalue weighted by atomic mass is 9.75. The zero-order valence-electron chi connectivity index (χ0n) is 16.8. The van der Waals surface area contributed by atoms with Crippen molar-refractivity contribution in [1.82, 2.24) is 9.21 Å². The van der Waals surface area contributed by atoms with Gasteiger partial charge in [-0.3, -0.25) is 4.79 Å². The number of likely N-dealkylation sites (tertiary alicyclic amines) is 1. The quantitative estimate of drug-likeness (QED) is 0.705. The SMILES string of the molecule is O=C(/C=C/c1ccc(S(=O)(=O)N2CCOCC2)cc1)N1CC[C@H]2CCCC[C@H]2C1. The second-order valence-electron chi connectivity index (χ2n) is 8.30. The minimum atomic E-state index is -3.48. The van der Waals surface area contributed by atoms with E-state index in [0.717, 1.165) is 31.0 Å². The van der Waals surface area contributed by atoms with E-state index in [1.807, 2.05) is 4.90 Å². The minimum Gasteiger partial charge on any atom is -0.379 e. The molecule has 158 valence electrons. The Labute approximate surface area is 173 Å². The van der Waals surface area contributed by atoms with Gasteiger partial charge in [0.2, 0.25) is 15.9 Å². The number of ether oxygens (including phenoxy) is 1. The maximum absolute atomic E-state index is 12.7. The van der Waals surface area contributed by atoms with Crippen LogP contribution in [-0.2, 0) is 19.6 Å². The third kappa shape index (κ3) is 4.73. The largest absolute Gasteiger partial charge is 0.379 e. The molecule has 0 spiro atoms. The summed E-state index contributed by atoms with van der Waals surface area (Å²) in [5.74, 6) is 1.52. The van der Waals surface area contributed by atoms with Crippen LogP contribution in [-0.4, -0.2) is 62.9 Å². The van der Waals surface area contributed by atoms with Gasteiger partial charge in [-0.15, -0.1) is 0 Å². The van der Waals surface area contributed by atoms with Crippen molar-refractivity contribution in [3.05, 3.63) is 35.9 Å². The van der Waals surface area contributed by atoms with E-state index >= 15 is 0 Å². The van der Waals surface area contributed by atoms with Gasteiger partial charge in [-0.2, -0.15) is 4.31 Å². The van der Waals surface area contributed by atoms with Crippen molar-refractivity contribution in [2.24, 2.45) is 11.8 Å². The monoisotopic (exact) mass is 418 g/mol. The van der Waals surface area contributed by atoms with Gasteiger partial charge in [-0.05, 0) is 48.4 Å². The fourth-order valence-electron chi connectivity index (χ4n) is 4.76. The number of sulfonamides is 1. The molecule has 2 aliphatic heterocycles. The predicted molar refractivity (Wildman–Crippen MR) is 112 cm³/mol. The van der Waals surface area contributed by atoms with E-state index in [4.69, 9.17) is 4.74 Å². The summed E-state index contributed by atoms with van der Waals surface area (Å²) < 4.78 is 32.0. The normalized spacial score (nSPS) is 26.4. The van der Waals surface area contributed by atoms with Gasteiger partial charge < -0.3 is 9.64 Å². The first-order valence-corrected chi connectivity index (χ1v) is 12.1. The van der Waals surface area contributed by atoms with Gasteiger partial charge in [-0.25, -0.2) is 8.42 Å². The molecule has 0 radical (unpaired) electrons. The van der Waals surface area contributed by atoms with Crippen LogP contribution in [0, 0.1) is 11.8 Å². The maximum Gasteiger partial charge on any atom is 0.246 e. The number of morpholine rings is 1. The fraction of sp³-hybridized carbons (Fsp3) is 0.591. The van der Waals surface area contributed by atoms with Gasteiger partial charge in [0.05, 0.1) is 18.1 Å². The van der Waals surface area contributed by atoms with Gasteiger partial charge in [0, 0.05) is 32.3 Å². The molecule has 0 aromatic heterocycles. The average Bonchev–Trinajstić information content (AvgIpc) is 2.78. The Bertz CT molecular complexity index is 844. The molecule has 1 aromatic carbocycles. The number of carbonyl (C=O) groups is 1. The zero-order valence-corrected chi connectivity index (χ0v) is 17.6. The van der Waals surface area contributed by atoms with Crippen molar-refractivity contribution in [1.29, 1.82) is 0 Å². The highest BCUT2D eigenvalue weighted by molar-refractivity contribution is 7.89. The van der Waals surface area contributed by atoms with Crippen LogP contribution < -0.4 is 0 Å². The number of nitrogens with zero attached hydrogens (tertiary/aromatic N) is 2. The van der Waals surface area contributed by atoms with Crippen LogP contribution in [0.25, 0.3) is 6.08 Å². The molecule has 6 nitrogen and oxygen atoms in total. The number of rotatable bonds is 4. The Morgan fingerprint density at radius 2 is 1.66 bits per heavy atom. The lowest BCUT2D eigenvalue weighted by molar-refractivity contribution is -0.128. The Balaban J connectivity index is 1.37. The molecule has 3 aliphatic rings. The summed E-state index contributed by atoms with van der Waals surface area (Å²) in [4.78, 5) is 14.9. The van der Waals surface area contributed by atoms with Crippen LogP contribution in [0.3, 0.4) is 0 Å². The van der Waals surface area contributed by atoms with Crippen LogP contribution >= 0.6 is 0 Å². The molecule has 29 heavy (non-hydrogen) atoms. The molecular formula is C22H30N2O4S. The number of fused-ring (bicyclic) bond motifs is 1. The Morgan fingerprint density at radius 1 is 0.966 bits per heavy atom. The fourth-order valence-corrected chi connectivity index (χ4v) is 6.17. The first kappa shape index (κ1) is 20.6. The molecule has 1 aromatic rings. The average molecular weight is 419 g/mol. The van der Waals surface area contributed by atoms with Crippen LogP contribution in [0.4, 0.5) is 0 Å². The lowest BCUT2D eigenvalue weighted by Gasteiger charge is -2.41. The molecule has 7 heteroatoms. The summed E-state index contributed by atoms with van der Waals surface area (Å²) in [6.45, 7) is 3.36. The van der Waals surface area contributed by atoms with Crippen molar-refractivity contribution < 1.29 is 17.9 Å². The summed E-state index contributed by atoms with van der Waals surface area (Å²) in [7, 11) is -3.48. The van der Waals surface area contributed by atoms with Gasteiger partial charge in [0.15, 0.2) is 0 Å². The Hall–Kier alpha value is -1.70. The molecule has 2 atom stereocenters. The van der Waals surface area contributed by atoms with E-state index < -0.39 is 10.0 Å². The highest BCUT2D eigenvalue weighted by Gasteiger charge is 2.32. The number of hydrogen-bond acceptors (Lipinski definition) is 4. The van der Waals surface area contributed by atoms with Gasteiger partial charge in [-0.1, -0.05) is 31.4 Å². The molecule has 2 saturated heterocycles. The van der Waals surface area contributed by atoms with Crippen molar-refractivity contribution in [3.63, 3.8) is 0 Å². The standard InChI is InChI=1S/C22H30N2O4S/c25-22(23-12-11-19-3-1-2-4-20(19)17-23)10-7-18-5-8-21(9-6-18)29(26,27)24-13-15-28-16-14-24/h5-10,19-20H,1-4,11-17H2/b10-7+/t19-,20+/m1/s1. The first-order valence-electron chi connectivity index (χ1n) is 10.7. The smallest absolute Gasteiger partial charge is 0.246 e. The summed E-state index contributed by atoms with van der Waals surface area (Å²) in [5.41, 5.74) is 0.826. The Kier molecular flexibility index (Phi) is 6.37. The lowest BCUT2D eigenvalue weighted by Crippen LogP contribution is -2.44. The number of piperidine rings is 1. The molecular weight excluding hydrogens is 388 g/mol. The van der Waals surface area contributed by atoms with Crippen molar-refractivity contribution in [2.75, 3.05) is 39.4 Å². The molecule has 2 heterocycles. The van der Waals surface area contributed by atoms with E-state index in [1.54, 1.807) is 36.4 Å². The van der Waals surface area contributed by atoms with Gasteiger partial charge >= 0.3 is 0 Å². The minimum absolute atomic E-state index is 0.0547. The second kappa shape index (κ2) is 8.98. The molecule has 1 aliphatic carbocycles. The zero-order chi connectivity index (χ0) is 20.3. The van der Waals surface area contributed by atoms with E-state index in [1.165, 1.54) is 30.0 Å². The number of amides is 1. The summed E-state index contributed by atoms with van der Waals surface area (Å²) in [6, 6.07) is 6.74. The number of carbonyl (C=O) groups excluding carboxylic acids is 1. The van der Waals surface area contributed by atoms with Crippen molar-refractivity contribution in [3.8, 4) is 0 Å². The van der Waals surface area contributed by atoms with E-state index in [-0.39, 0.29) is 10.8 Å². The molecule has 0 bridgehead atoms. The molecule has 0 N–H and O–H groups in total. The molecule has 4 rings (SSSR count). The van der Waals surface area contributed by atoms with Crippen LogP contribution in [0.2, 0.25) is 0 Å². The number of hydrogen-bond donors (Lipinski definition) is 0. The van der Waals surface area contributed by atoms with E-state index in [0.29, 0.717) is 32.2 Å². The van der Waals surface area contributed by atoms with Crippen molar-refractivity contribution in [2.45, 2.75) is 37.0 Å². The van der Waals surface area contributed by atoms with Gasteiger partial charge in [0.25, 0.3) is 0 Å². The predicted octanol–water partition coefficient (Wildman–Crippen LogP) is 2.76. The molecule has 1 saturated carbocycles. The number of benzene rings is 1. The van der Waals surface area contributed by atoms with Crippen molar-refractivity contribution >= 4 is 22.0 Å². The molecule has 3 fully saturated rings. The summed E-state index contributed by atoms with van der Waals surface area (Å²) in [6.07, 6.45) is 9.72. The van der Waals surface area contributed by atoms with Gasteiger partial charge in [0.1, 0.15) is 0 Å². The highest BCUT2D eigenvalue weighted by atomic mass is 32.2. The molecule has 0 unspecified atom stereocenters. The Morgan fingerprint density at radius 3 is 2.38 bits per heavy atom. The topological polar surface area (TPSA) is 66.9 Å². The first-order chi connectivity index (χ1) is 14.0. The van der Waals surface area contributed by atoms with E-state index in [9.17, 15) is 13.2 Å². The van der Waals surface area contributed by atoms with Crippen LogP contribution in [0.5, 0.6) is 0 Å². The second-order valence-corrected chi connectivity index (χ2v) is 10.2. The molecule has 1 amide bonds. The third-order valence-electron chi connectivity index (χ3n) is 6.51. The summed E-state index contributed by atoms with van der Waals surface area (Å²) >= 11 is 0. The summed E-state index contributed by atoms with van der Waals surface area (Å²) in [5, 5.41) is 0.